The molecule has 10 heteroatoms. The summed E-state index contributed by atoms with van der Waals surface area (Å²) in [6, 6.07) is 25.0. The molecule has 0 spiro atoms. The molecule has 9 nitrogen and oxygen atoms in total. The van der Waals surface area contributed by atoms with Gasteiger partial charge >= 0.3 is 5.97 Å². The molecule has 0 atom stereocenters. The lowest BCUT2D eigenvalue weighted by molar-refractivity contribution is -0.117. The molecule has 2 N–H and O–H groups in total. The maximum atomic E-state index is 13.4. The predicted octanol–water partition coefficient (Wildman–Crippen LogP) is 4.98. The number of carbonyl (C=O) groups excluding carboxylic acids is 3. The Balaban J connectivity index is 1.50. The number of nitrogens with one attached hydrogen (secondary N) is 2. The number of carbonyl (C=O) groups is 3. The van der Waals surface area contributed by atoms with Crippen LogP contribution in [0.1, 0.15) is 31.8 Å². The number of amides is 2. The number of hydrogen-bond donors (Lipinski definition) is 2. The highest BCUT2D eigenvalue weighted by atomic mass is 19.1. The van der Waals surface area contributed by atoms with E-state index in [1.165, 1.54) is 50.8 Å². The number of hydrogen-bond acceptors (Lipinski definition) is 7. The van der Waals surface area contributed by atoms with Gasteiger partial charge in [0.25, 0.3) is 11.8 Å². The second-order valence-electron chi connectivity index (χ2n) is 8.66. The summed E-state index contributed by atoms with van der Waals surface area (Å²) in [5.74, 6) is -1.33. The van der Waals surface area contributed by atoms with Crippen LogP contribution in [0.2, 0.25) is 0 Å². The van der Waals surface area contributed by atoms with Crippen molar-refractivity contribution < 1.29 is 33.0 Å². The van der Waals surface area contributed by atoms with Crippen molar-refractivity contribution in [2.24, 2.45) is 5.10 Å². The van der Waals surface area contributed by atoms with Crippen molar-refractivity contribution in [1.82, 2.24) is 10.7 Å². The van der Waals surface area contributed by atoms with E-state index in [-0.39, 0.29) is 17.0 Å². The molecule has 0 fully saturated rings. The molecule has 0 aliphatic carbocycles. The number of methoxy groups -OCH3 is 2. The van der Waals surface area contributed by atoms with Crippen LogP contribution in [0, 0.1) is 5.82 Å². The summed E-state index contributed by atoms with van der Waals surface area (Å²) in [7, 11) is 3.00. The molecule has 0 saturated heterocycles. The standard InChI is InChI=1S/C32H26FN3O6/c1-40-28-15-14-21(18-29(28)41-2)17-27(35-30(37)23-9-4-3-5-10-23)31(38)36-34-20-22-8-6-13-26(16-22)42-32(39)24-11-7-12-25(33)19-24/h3-20H,1-2H3,(H,35,37)(H,36,38)/b27-17+,34-20+. The fraction of sp³-hybridized carbons (Fsp3) is 0.0625. The first-order valence-corrected chi connectivity index (χ1v) is 12.6. The minimum absolute atomic E-state index is 0.0627. The molecule has 2 amide bonds. The van der Waals surface area contributed by atoms with Gasteiger partial charge in [0, 0.05) is 5.56 Å². The zero-order valence-corrected chi connectivity index (χ0v) is 22.7. The second kappa shape index (κ2) is 14.0. The number of nitrogens with zero attached hydrogens (tertiary/aromatic N) is 1. The monoisotopic (exact) mass is 567 g/mol. The number of hydrazone groups is 1. The summed E-state index contributed by atoms with van der Waals surface area (Å²) in [6.07, 6.45) is 2.81. The molecule has 0 aliphatic rings. The van der Waals surface area contributed by atoms with E-state index in [4.69, 9.17) is 14.2 Å². The Morgan fingerprint density at radius 2 is 1.50 bits per heavy atom. The fourth-order valence-electron chi connectivity index (χ4n) is 3.72. The van der Waals surface area contributed by atoms with E-state index in [1.54, 1.807) is 66.7 Å². The summed E-state index contributed by atoms with van der Waals surface area (Å²) in [4.78, 5) is 38.3. The smallest absolute Gasteiger partial charge is 0.343 e. The molecule has 0 unspecified atom stereocenters. The molecule has 0 bridgehead atoms. The molecule has 0 saturated carbocycles. The van der Waals surface area contributed by atoms with Crippen molar-refractivity contribution in [2.75, 3.05) is 14.2 Å². The molecule has 42 heavy (non-hydrogen) atoms. The van der Waals surface area contributed by atoms with E-state index in [0.29, 0.717) is 28.2 Å². The van der Waals surface area contributed by atoms with Crippen molar-refractivity contribution in [3.63, 3.8) is 0 Å². The van der Waals surface area contributed by atoms with Crippen LogP contribution in [-0.4, -0.2) is 38.2 Å². The lowest BCUT2D eigenvalue weighted by Gasteiger charge is -2.11. The Labute approximate surface area is 241 Å². The first-order chi connectivity index (χ1) is 20.4. The van der Waals surface area contributed by atoms with Crippen LogP contribution in [-0.2, 0) is 4.79 Å². The first-order valence-electron chi connectivity index (χ1n) is 12.6. The molecule has 4 rings (SSSR count). The number of esters is 1. The summed E-state index contributed by atoms with van der Waals surface area (Å²) < 4.78 is 29.4. The maximum absolute atomic E-state index is 13.4. The van der Waals surface area contributed by atoms with Gasteiger partial charge in [0.05, 0.1) is 26.0 Å². The molecule has 0 radical (unpaired) electrons. The van der Waals surface area contributed by atoms with Crippen molar-refractivity contribution in [2.45, 2.75) is 0 Å². The van der Waals surface area contributed by atoms with Crippen LogP contribution in [0.3, 0.4) is 0 Å². The normalized spacial score (nSPS) is 11.1. The van der Waals surface area contributed by atoms with Crippen LogP contribution in [0.15, 0.2) is 108 Å². The average Bonchev–Trinajstić information content (AvgIpc) is 3.01. The Morgan fingerprint density at radius 1 is 0.762 bits per heavy atom. The van der Waals surface area contributed by atoms with Gasteiger partial charge in [-0.1, -0.05) is 42.5 Å². The molecule has 0 aliphatic heterocycles. The number of ether oxygens (including phenoxy) is 3. The van der Waals surface area contributed by atoms with Gasteiger partial charge in [-0.15, -0.1) is 0 Å². The summed E-state index contributed by atoms with van der Waals surface area (Å²) in [5.41, 5.74) is 3.79. The van der Waals surface area contributed by atoms with E-state index in [9.17, 15) is 18.8 Å². The van der Waals surface area contributed by atoms with Gasteiger partial charge in [-0.2, -0.15) is 5.10 Å². The van der Waals surface area contributed by atoms with Crippen LogP contribution < -0.4 is 25.0 Å². The largest absolute Gasteiger partial charge is 0.493 e. The molecular weight excluding hydrogens is 541 g/mol. The minimum atomic E-state index is -0.726. The van der Waals surface area contributed by atoms with Crippen LogP contribution in [0.5, 0.6) is 17.2 Å². The average molecular weight is 568 g/mol. The highest BCUT2D eigenvalue weighted by molar-refractivity contribution is 6.05. The number of rotatable bonds is 10. The third kappa shape index (κ3) is 7.89. The molecule has 212 valence electrons. The Kier molecular flexibility index (Phi) is 9.76. The first kappa shape index (κ1) is 29.2. The zero-order chi connectivity index (χ0) is 29.9. The third-order valence-electron chi connectivity index (χ3n) is 5.76. The molecular formula is C32H26FN3O6. The zero-order valence-electron chi connectivity index (χ0n) is 22.7. The van der Waals surface area contributed by atoms with Crippen molar-refractivity contribution in [3.8, 4) is 17.2 Å². The van der Waals surface area contributed by atoms with E-state index in [2.05, 4.69) is 15.8 Å². The summed E-state index contributed by atoms with van der Waals surface area (Å²) in [5, 5.41) is 6.61. The van der Waals surface area contributed by atoms with Gasteiger partial charge in [-0.05, 0) is 71.8 Å². The van der Waals surface area contributed by atoms with E-state index >= 15 is 0 Å². The highest BCUT2D eigenvalue weighted by Crippen LogP contribution is 2.28. The quantitative estimate of drug-likeness (QED) is 0.0918. The van der Waals surface area contributed by atoms with Gasteiger partial charge in [0.15, 0.2) is 11.5 Å². The van der Waals surface area contributed by atoms with Crippen molar-refractivity contribution in [1.29, 1.82) is 0 Å². The molecule has 4 aromatic rings. The lowest BCUT2D eigenvalue weighted by Crippen LogP contribution is -2.32. The fourth-order valence-corrected chi connectivity index (χ4v) is 3.72. The van der Waals surface area contributed by atoms with Gasteiger partial charge in [0.1, 0.15) is 17.3 Å². The number of benzene rings is 4. The second-order valence-corrected chi connectivity index (χ2v) is 8.66. The topological polar surface area (TPSA) is 115 Å². The van der Waals surface area contributed by atoms with E-state index < -0.39 is 23.6 Å². The van der Waals surface area contributed by atoms with Crippen molar-refractivity contribution in [3.05, 3.63) is 131 Å². The molecule has 0 aromatic heterocycles. The number of halogens is 1. The Bertz CT molecular complexity index is 1650. The van der Waals surface area contributed by atoms with Gasteiger partial charge < -0.3 is 19.5 Å². The SMILES string of the molecule is COc1ccc(/C=C(/NC(=O)c2ccccc2)C(=O)N/N=C/c2cccc(OC(=O)c3cccc(F)c3)c2)cc1OC. The predicted molar refractivity (Wildman–Crippen MR) is 155 cm³/mol. The lowest BCUT2D eigenvalue weighted by atomic mass is 10.1. The van der Waals surface area contributed by atoms with Gasteiger partial charge in [-0.3, -0.25) is 9.59 Å². The van der Waals surface area contributed by atoms with E-state index in [1.807, 2.05) is 0 Å². The highest BCUT2D eigenvalue weighted by Gasteiger charge is 2.15. The van der Waals surface area contributed by atoms with Crippen LogP contribution in [0.25, 0.3) is 6.08 Å². The van der Waals surface area contributed by atoms with Gasteiger partial charge in [0.2, 0.25) is 0 Å². The molecule has 4 aromatic carbocycles. The van der Waals surface area contributed by atoms with Crippen LogP contribution >= 0.6 is 0 Å². The Morgan fingerprint density at radius 3 is 2.24 bits per heavy atom. The van der Waals surface area contributed by atoms with E-state index in [0.717, 1.165) is 6.07 Å². The minimum Gasteiger partial charge on any atom is -0.493 e. The Hall–Kier alpha value is -5.77. The summed E-state index contributed by atoms with van der Waals surface area (Å²) in [6.45, 7) is 0. The summed E-state index contributed by atoms with van der Waals surface area (Å²) >= 11 is 0. The van der Waals surface area contributed by atoms with Gasteiger partial charge in [-0.25, -0.2) is 14.6 Å². The molecule has 0 heterocycles. The van der Waals surface area contributed by atoms with Crippen molar-refractivity contribution >= 4 is 30.1 Å². The maximum Gasteiger partial charge on any atom is 0.343 e. The third-order valence-corrected chi connectivity index (χ3v) is 5.76. The van der Waals surface area contributed by atoms with Crippen LogP contribution in [0.4, 0.5) is 4.39 Å².